The fourth-order valence-corrected chi connectivity index (χ4v) is 4.29. The van der Waals surface area contributed by atoms with E-state index in [1.54, 1.807) is 18.3 Å². The number of ether oxygens (including phenoxy) is 3. The molecule has 2 atom stereocenters. The van der Waals surface area contributed by atoms with Crippen LogP contribution in [0, 0.1) is 17.3 Å². The van der Waals surface area contributed by atoms with Gasteiger partial charge in [-0.25, -0.2) is 5.43 Å². The van der Waals surface area contributed by atoms with Gasteiger partial charge >= 0.3 is 0 Å². The van der Waals surface area contributed by atoms with Crippen molar-refractivity contribution in [3.05, 3.63) is 29.3 Å². The van der Waals surface area contributed by atoms with Gasteiger partial charge in [0.05, 0.1) is 26.0 Å². The van der Waals surface area contributed by atoms with Crippen LogP contribution in [0.25, 0.3) is 0 Å². The maximum atomic E-state index is 12.7. The highest BCUT2D eigenvalue weighted by Gasteiger charge is 2.50. The lowest BCUT2D eigenvalue weighted by Crippen LogP contribution is -2.48. The zero-order valence-corrected chi connectivity index (χ0v) is 18.1. The van der Waals surface area contributed by atoms with Gasteiger partial charge in [-0.3, -0.25) is 4.79 Å². The molecule has 1 amide bonds. The quantitative estimate of drug-likeness (QED) is 0.486. The van der Waals surface area contributed by atoms with E-state index < -0.39 is 0 Å². The van der Waals surface area contributed by atoms with E-state index in [0.29, 0.717) is 54.0 Å². The minimum Gasteiger partial charge on any atom is -0.490 e. The molecule has 2 unspecified atom stereocenters. The first-order chi connectivity index (χ1) is 13.9. The summed E-state index contributed by atoms with van der Waals surface area (Å²) < 4.78 is 17.0. The van der Waals surface area contributed by atoms with Gasteiger partial charge in [-0.05, 0) is 68.6 Å². The number of nitrogens with one attached hydrogen (secondary N) is 1. The number of hydrogen-bond acceptors (Lipinski definition) is 5. The molecule has 158 valence electrons. The molecule has 1 aromatic carbocycles. The Hall–Kier alpha value is -2.50. The Morgan fingerprint density at radius 3 is 2.28 bits per heavy atom. The first-order valence-electron chi connectivity index (χ1n) is 10.5. The van der Waals surface area contributed by atoms with Crippen LogP contribution in [0.5, 0.6) is 17.2 Å². The lowest BCUT2D eigenvalue weighted by atomic mass is 9.49. The summed E-state index contributed by atoms with van der Waals surface area (Å²) in [5, 5.41) is 4.22. The van der Waals surface area contributed by atoms with Crippen molar-refractivity contribution >= 4 is 12.1 Å². The molecule has 1 N–H and O–H groups in total. The molecule has 6 heteroatoms. The van der Waals surface area contributed by atoms with Gasteiger partial charge in [0, 0.05) is 5.56 Å². The van der Waals surface area contributed by atoms with E-state index >= 15 is 0 Å². The second-order valence-electron chi connectivity index (χ2n) is 8.05. The first kappa shape index (κ1) is 21.2. The topological polar surface area (TPSA) is 69.2 Å². The third-order valence-electron chi connectivity index (χ3n) is 6.06. The van der Waals surface area contributed by atoms with Crippen LogP contribution in [0.3, 0.4) is 0 Å². The smallest absolute Gasteiger partial charge is 0.271 e. The Bertz CT molecular complexity index is 786. The number of amides is 1. The van der Waals surface area contributed by atoms with Crippen LogP contribution >= 0.6 is 0 Å². The Labute approximate surface area is 173 Å². The number of hydrazone groups is 1. The molecule has 6 nitrogen and oxygen atoms in total. The number of carbonyl (C=O) groups is 1. The Morgan fingerprint density at radius 2 is 1.76 bits per heavy atom. The van der Waals surface area contributed by atoms with Crippen molar-refractivity contribution in [1.82, 2.24) is 5.43 Å². The van der Waals surface area contributed by atoms with Crippen molar-refractivity contribution in [2.75, 3.05) is 19.8 Å². The lowest BCUT2D eigenvalue weighted by Gasteiger charge is -2.55. The van der Waals surface area contributed by atoms with Crippen molar-refractivity contribution in [1.29, 1.82) is 0 Å². The minimum atomic E-state index is -0.312. The van der Waals surface area contributed by atoms with Crippen LogP contribution in [-0.2, 0) is 0 Å². The number of benzene rings is 1. The second-order valence-corrected chi connectivity index (χ2v) is 8.05. The third-order valence-corrected chi connectivity index (χ3v) is 6.06. The molecule has 0 aliphatic heterocycles. The average Bonchev–Trinajstić information content (AvgIpc) is 2.70. The summed E-state index contributed by atoms with van der Waals surface area (Å²) in [6.07, 6.45) is 6.35. The van der Waals surface area contributed by atoms with Gasteiger partial charge in [0.1, 0.15) is 0 Å². The molecule has 1 fully saturated rings. The summed E-state index contributed by atoms with van der Waals surface area (Å²) in [5.41, 5.74) is 4.60. The molecule has 1 saturated carbocycles. The summed E-state index contributed by atoms with van der Waals surface area (Å²) >= 11 is 0. The molecule has 29 heavy (non-hydrogen) atoms. The molecular formula is C23H32N2O4. The first-order valence-corrected chi connectivity index (χ1v) is 10.5. The Balaban J connectivity index is 1.75. The largest absolute Gasteiger partial charge is 0.490 e. The molecule has 0 radical (unpaired) electrons. The predicted molar refractivity (Wildman–Crippen MR) is 114 cm³/mol. The molecule has 2 bridgehead atoms. The van der Waals surface area contributed by atoms with Crippen LogP contribution in [0.4, 0.5) is 0 Å². The second kappa shape index (κ2) is 8.89. The van der Waals surface area contributed by atoms with Crippen LogP contribution in [0.1, 0.15) is 57.8 Å². The van der Waals surface area contributed by atoms with E-state index in [0.717, 1.165) is 12.3 Å². The van der Waals surface area contributed by atoms with Gasteiger partial charge in [-0.2, -0.15) is 5.10 Å². The van der Waals surface area contributed by atoms with E-state index in [2.05, 4.69) is 30.5 Å². The summed E-state index contributed by atoms with van der Waals surface area (Å²) in [7, 11) is 0. The Morgan fingerprint density at radius 1 is 1.14 bits per heavy atom. The Kier molecular flexibility index (Phi) is 6.50. The standard InChI is InChI=1S/C23H32N2O4/c1-6-27-19-11-16(12-20(28-7-2)21(19)29-8-3)22(26)25-24-14-15-9-10-17-13-18(15)23(17,4)5/h9,11-12,14,17-18H,6-8,10,13H2,1-5H3,(H,25,26)/b24-14+. The van der Waals surface area contributed by atoms with Crippen LogP contribution < -0.4 is 19.6 Å². The maximum absolute atomic E-state index is 12.7. The number of carbonyl (C=O) groups excluding carboxylic acids is 1. The fraction of sp³-hybridized carbons (Fsp3) is 0.565. The number of allylic oxidation sites excluding steroid dienone is 2. The van der Waals surface area contributed by atoms with Crippen LogP contribution in [0.15, 0.2) is 28.9 Å². The van der Waals surface area contributed by atoms with Crippen molar-refractivity contribution in [2.45, 2.75) is 47.5 Å². The molecule has 3 aliphatic carbocycles. The zero-order valence-electron chi connectivity index (χ0n) is 18.1. The van der Waals surface area contributed by atoms with Gasteiger partial charge in [-0.1, -0.05) is 19.9 Å². The van der Waals surface area contributed by atoms with Crippen LogP contribution in [0.2, 0.25) is 0 Å². The van der Waals surface area contributed by atoms with Gasteiger partial charge < -0.3 is 14.2 Å². The molecule has 0 spiro atoms. The number of fused-ring (bicyclic) bond motifs is 1. The third kappa shape index (κ3) is 4.26. The maximum Gasteiger partial charge on any atom is 0.271 e. The SMILES string of the molecule is CCOc1cc(C(=O)N/N=C/C2=CCC3CC2C3(C)C)cc(OCC)c1OCC. The molecule has 0 heterocycles. The van der Waals surface area contributed by atoms with Crippen molar-refractivity contribution in [2.24, 2.45) is 22.4 Å². The van der Waals surface area contributed by atoms with E-state index in [-0.39, 0.29) is 5.91 Å². The lowest BCUT2D eigenvalue weighted by molar-refractivity contribution is -0.00126. The van der Waals surface area contributed by atoms with Gasteiger partial charge in [0.25, 0.3) is 5.91 Å². The van der Waals surface area contributed by atoms with Gasteiger partial charge in [-0.15, -0.1) is 0 Å². The molecule has 0 aromatic heterocycles. The summed E-state index contributed by atoms with van der Waals surface area (Å²) in [5.74, 6) is 2.50. The summed E-state index contributed by atoms with van der Waals surface area (Å²) in [6.45, 7) is 11.7. The average molecular weight is 401 g/mol. The molecule has 3 aliphatic rings. The number of hydrogen-bond donors (Lipinski definition) is 1. The summed E-state index contributed by atoms with van der Waals surface area (Å²) in [6, 6.07) is 3.34. The van der Waals surface area contributed by atoms with Crippen molar-refractivity contribution in [3.8, 4) is 17.2 Å². The van der Waals surface area contributed by atoms with E-state index in [4.69, 9.17) is 14.2 Å². The minimum absolute atomic E-state index is 0.312. The monoisotopic (exact) mass is 400 g/mol. The zero-order chi connectivity index (χ0) is 21.0. The van der Waals surface area contributed by atoms with Crippen LogP contribution in [-0.4, -0.2) is 31.9 Å². The molecule has 1 aromatic rings. The molecule has 0 saturated heterocycles. The number of rotatable bonds is 9. The fourth-order valence-electron chi connectivity index (χ4n) is 4.29. The number of nitrogens with zero attached hydrogens (tertiary/aromatic N) is 1. The molecular weight excluding hydrogens is 368 g/mol. The summed E-state index contributed by atoms with van der Waals surface area (Å²) in [4.78, 5) is 12.7. The van der Waals surface area contributed by atoms with Gasteiger partial charge in [0.2, 0.25) is 5.75 Å². The predicted octanol–water partition coefficient (Wildman–Crippen LogP) is 4.59. The highest BCUT2D eigenvalue weighted by molar-refractivity contribution is 5.96. The van der Waals surface area contributed by atoms with E-state index in [9.17, 15) is 4.79 Å². The normalized spacial score (nSPS) is 21.9. The molecule has 4 rings (SSSR count). The van der Waals surface area contributed by atoms with Crippen molar-refractivity contribution in [3.63, 3.8) is 0 Å². The highest BCUT2D eigenvalue weighted by atomic mass is 16.5. The van der Waals surface area contributed by atoms with E-state index in [1.165, 1.54) is 12.0 Å². The van der Waals surface area contributed by atoms with Crippen molar-refractivity contribution < 1.29 is 19.0 Å². The van der Waals surface area contributed by atoms with E-state index in [1.807, 2.05) is 20.8 Å². The highest BCUT2D eigenvalue weighted by Crippen LogP contribution is 2.58. The van der Waals surface area contributed by atoms with Gasteiger partial charge in [0.15, 0.2) is 11.5 Å².